The topological polar surface area (TPSA) is 0 Å². The number of benzene rings is 9. The molecule has 1 aliphatic carbocycles. The molecule has 72 heavy (non-hydrogen) atoms. The second-order valence-electron chi connectivity index (χ2n) is 18.7. The molecule has 0 fully saturated rings. The smallest absolute Gasteiger partial charge is 0.0994 e. The van der Waals surface area contributed by atoms with Crippen molar-refractivity contribution in [3.63, 3.8) is 0 Å². The Hall–Kier alpha value is -5.74. The van der Waals surface area contributed by atoms with Gasteiger partial charge in [-0.3, -0.25) is 6.08 Å². The number of hydrogen-bond donors (Lipinski definition) is 0. The van der Waals surface area contributed by atoms with Crippen LogP contribution in [0.4, 0.5) is 0 Å². The second kappa shape index (κ2) is 26.8. The number of allylic oxidation sites excluding steroid dienone is 4. The summed E-state index contributed by atoms with van der Waals surface area (Å²) in [7, 11) is -3.20. The van der Waals surface area contributed by atoms with Crippen LogP contribution in [-0.2, 0) is 60.2 Å². The molecule has 10 rings (SSSR count). The van der Waals surface area contributed by atoms with Crippen LogP contribution in [0.1, 0.15) is 86.5 Å². The van der Waals surface area contributed by atoms with Crippen LogP contribution in [0.5, 0.6) is 0 Å². The zero-order valence-corrected chi connectivity index (χ0v) is 46.0. The van der Waals surface area contributed by atoms with Gasteiger partial charge in [0.15, 0.2) is 0 Å². The van der Waals surface area contributed by atoms with Crippen LogP contribution in [0.25, 0.3) is 0 Å². The minimum Gasteiger partial charge on any atom is -0.269 e. The van der Waals surface area contributed by atoms with Crippen molar-refractivity contribution < 1.29 is 21.7 Å². The molecule has 0 unspecified atom stereocenters. The predicted octanol–water partition coefficient (Wildman–Crippen LogP) is 15.0. The quantitative estimate of drug-likeness (QED) is 0.0484. The molecule has 0 aromatic heterocycles. The second-order valence-corrected chi connectivity index (χ2v) is 22.4. The Kier molecular flexibility index (Phi) is 20.7. The van der Waals surface area contributed by atoms with E-state index in [0.29, 0.717) is 0 Å². The molecule has 1 aliphatic rings. The normalized spacial score (nSPS) is 11.7. The minimum atomic E-state index is -3.20. The van der Waals surface area contributed by atoms with Crippen LogP contribution in [0.15, 0.2) is 253 Å². The van der Waals surface area contributed by atoms with Gasteiger partial charge in [0, 0.05) is 21.7 Å². The molecule has 5 heteroatoms. The van der Waals surface area contributed by atoms with Crippen LogP contribution in [0, 0.1) is 6.08 Å². The van der Waals surface area contributed by atoms with Gasteiger partial charge in [-0.05, 0) is 105 Å². The third-order valence-electron chi connectivity index (χ3n) is 13.7. The van der Waals surface area contributed by atoms with E-state index < -0.39 is 8.07 Å². The first-order valence-electron chi connectivity index (χ1n) is 24.5. The van der Waals surface area contributed by atoms with E-state index in [1.54, 1.807) is 0 Å². The summed E-state index contributed by atoms with van der Waals surface area (Å²) in [6.45, 7) is 2.34. The van der Waals surface area contributed by atoms with Crippen LogP contribution in [0.3, 0.4) is 0 Å². The van der Waals surface area contributed by atoms with Crippen LogP contribution < -0.4 is 15.6 Å². The average Bonchev–Trinajstić information content (AvgIpc) is 3.85. The first-order valence-corrected chi connectivity index (χ1v) is 26.5. The van der Waals surface area contributed by atoms with E-state index in [0.717, 1.165) is 51.4 Å². The first kappa shape index (κ1) is 55.6. The molecule has 360 valence electrons. The summed E-state index contributed by atoms with van der Waals surface area (Å²) in [6, 6.07) is 89.6. The van der Waals surface area contributed by atoms with Gasteiger partial charge in [-0.2, -0.15) is 11.3 Å². The zero-order chi connectivity index (χ0) is 46.0. The van der Waals surface area contributed by atoms with E-state index in [4.69, 9.17) is 0 Å². The van der Waals surface area contributed by atoms with E-state index in [1.165, 1.54) is 93.1 Å². The Balaban J connectivity index is 0.00000212. The maximum Gasteiger partial charge on any atom is 0.0994 e. The molecule has 0 saturated carbocycles. The Morgan fingerprint density at radius 2 is 0.542 bits per heavy atom. The van der Waals surface area contributed by atoms with Crippen molar-refractivity contribution >= 4 is 60.9 Å². The van der Waals surface area contributed by atoms with Gasteiger partial charge in [0.1, 0.15) is 0 Å². The third kappa shape index (κ3) is 13.5. The molecule has 0 bridgehead atoms. The molecule has 0 N–H and O–H groups in total. The van der Waals surface area contributed by atoms with Gasteiger partial charge in [-0.15, -0.1) is 43.6 Å². The fourth-order valence-corrected chi connectivity index (χ4v) is 16.2. The zero-order valence-electron chi connectivity index (χ0n) is 41.0. The van der Waals surface area contributed by atoms with E-state index in [-0.39, 0.29) is 58.9 Å². The molecule has 0 aliphatic heterocycles. The summed E-state index contributed by atoms with van der Waals surface area (Å²) in [5.41, 5.74) is 17.5. The molecular formula is C67H62Cl3SiTi-. The van der Waals surface area contributed by atoms with E-state index in [1.807, 2.05) is 0 Å². The first-order chi connectivity index (χ1) is 33.6. The SMILES string of the molecule is CCC1=[C-]CC=C1[Si](c1cc(Cc2ccccc2)cc(Cc2ccccc2)c1)(c1cc(Cc2ccccc2)cc(Cc2ccccc2)c1)c1cc(Cc2ccccc2)cc(Cc2ccccc2)c1.Cl.Cl.Cl.[Ti]. The number of rotatable bonds is 17. The van der Waals surface area contributed by atoms with Gasteiger partial charge in [-0.25, -0.2) is 5.57 Å². The van der Waals surface area contributed by atoms with Gasteiger partial charge in [0.25, 0.3) is 0 Å². The van der Waals surface area contributed by atoms with Crippen LogP contribution in [-0.4, -0.2) is 8.07 Å². The van der Waals surface area contributed by atoms with Gasteiger partial charge < -0.3 is 0 Å². The van der Waals surface area contributed by atoms with Gasteiger partial charge in [-0.1, -0.05) is 265 Å². The Morgan fingerprint density at radius 3 is 0.750 bits per heavy atom. The van der Waals surface area contributed by atoms with E-state index in [9.17, 15) is 0 Å². The van der Waals surface area contributed by atoms with Crippen molar-refractivity contribution in [1.82, 2.24) is 0 Å². The fourth-order valence-electron chi connectivity index (χ4n) is 10.7. The van der Waals surface area contributed by atoms with Crippen molar-refractivity contribution in [2.75, 3.05) is 0 Å². The summed E-state index contributed by atoms with van der Waals surface area (Å²) < 4.78 is 0. The summed E-state index contributed by atoms with van der Waals surface area (Å²) in [5.74, 6) is 0. The van der Waals surface area contributed by atoms with Crippen LogP contribution in [0.2, 0.25) is 0 Å². The van der Waals surface area contributed by atoms with Crippen molar-refractivity contribution in [3.8, 4) is 0 Å². The molecule has 0 spiro atoms. The molecule has 0 amide bonds. The summed E-state index contributed by atoms with van der Waals surface area (Å²) in [5, 5.41) is 5.83. The van der Waals surface area contributed by atoms with E-state index in [2.05, 4.69) is 256 Å². The maximum absolute atomic E-state index is 3.96. The minimum absolute atomic E-state index is 0. The molecular weight excluding hydrogens is 987 g/mol. The molecule has 0 atom stereocenters. The van der Waals surface area contributed by atoms with E-state index >= 15 is 0 Å². The van der Waals surface area contributed by atoms with Crippen molar-refractivity contribution in [2.45, 2.75) is 58.3 Å². The average molecular weight is 1050 g/mol. The van der Waals surface area contributed by atoms with Gasteiger partial charge in [0.05, 0.1) is 8.07 Å². The fraction of sp³-hybridized carbons (Fsp3) is 0.134. The maximum atomic E-state index is 3.96. The largest absolute Gasteiger partial charge is 0.269 e. The summed E-state index contributed by atoms with van der Waals surface area (Å²) in [6.07, 6.45) is 13.5. The third-order valence-corrected chi connectivity index (χ3v) is 18.4. The molecule has 9 aromatic carbocycles. The molecule has 0 nitrogen and oxygen atoms in total. The van der Waals surface area contributed by atoms with Crippen molar-refractivity contribution in [1.29, 1.82) is 0 Å². The summed E-state index contributed by atoms with van der Waals surface area (Å²) >= 11 is 0. The van der Waals surface area contributed by atoms with Crippen molar-refractivity contribution in [2.24, 2.45) is 0 Å². The summed E-state index contributed by atoms with van der Waals surface area (Å²) in [4.78, 5) is 0. The van der Waals surface area contributed by atoms with Gasteiger partial charge >= 0.3 is 0 Å². The number of halogens is 3. The molecule has 0 heterocycles. The van der Waals surface area contributed by atoms with Gasteiger partial charge in [0.2, 0.25) is 0 Å². The van der Waals surface area contributed by atoms with Crippen molar-refractivity contribution in [3.05, 3.63) is 326 Å². The van der Waals surface area contributed by atoms with Crippen LogP contribution >= 0.6 is 37.2 Å². The Bertz CT molecular complexity index is 2670. The molecule has 0 saturated heterocycles. The standard InChI is InChI=1S/C67H59Si.3ClH.Ti/c1-2-63-34-21-35-67(63)68(64-45-57(36-51-22-9-3-10-23-51)42-58(46-64)37-52-24-11-4-12-25-52,65-47-59(38-53-26-13-5-14-27-53)43-60(48-65)39-54-28-15-6-16-29-54)66-49-61(40-55-30-17-7-18-31-55)44-62(50-66)41-56-32-19-8-20-33-56;;;;/h3-20,22-33,35,42-50H,2,21,36-41H2,1H3;3*1H;/q-1;;;;. The molecule has 0 radical (unpaired) electrons. The predicted molar refractivity (Wildman–Crippen MR) is 311 cm³/mol. The number of hydrogen-bond acceptors (Lipinski definition) is 0. The Labute approximate surface area is 463 Å². The Morgan fingerprint density at radius 1 is 0.319 bits per heavy atom. The monoisotopic (exact) mass is 1050 g/mol. The molecule has 9 aromatic rings.